The third-order valence-corrected chi connectivity index (χ3v) is 0. The van der Waals surface area contributed by atoms with Crippen molar-refractivity contribution in [3.05, 3.63) is 0 Å². The molecule has 0 aromatic carbocycles. The molecule has 0 saturated heterocycles. The van der Waals surface area contributed by atoms with Gasteiger partial charge >= 0.3 is 55.1 Å². The van der Waals surface area contributed by atoms with Crippen molar-refractivity contribution in [3.8, 4) is 0 Å². The van der Waals surface area contributed by atoms with E-state index in [9.17, 15) is 0 Å². The summed E-state index contributed by atoms with van der Waals surface area (Å²) in [7, 11) is 0. The van der Waals surface area contributed by atoms with Crippen LogP contribution < -0.4 is 0 Å². The molecule has 16 valence electrons. The zero-order valence-corrected chi connectivity index (χ0v) is 5.56. The smallest absolute Gasteiger partial charge is 2.00 e. The average Bonchev–Trinajstić information content (AvgIpc) is 0. The van der Waals surface area contributed by atoms with Crippen LogP contribution in [0.5, 0.6) is 0 Å². The third kappa shape index (κ3) is 9.31. The van der Waals surface area contributed by atoms with Gasteiger partial charge in [-0.3, -0.25) is 0 Å². The molecule has 0 spiro atoms. The molecular weight excluding hydrogens is 99.1 g/mol. The molecule has 2 nitrogen and oxygen atoms in total. The minimum atomic E-state index is 0. The Hall–Kier alpha value is 1.71. The minimum Gasteiger partial charge on any atom is -2.00 e. The van der Waals surface area contributed by atoms with Gasteiger partial charge in [-0.2, -0.15) is 0 Å². The minimum absolute atomic E-state index is 0. The first-order chi connectivity index (χ1) is 0. The molecule has 0 unspecified atom stereocenters. The summed E-state index contributed by atoms with van der Waals surface area (Å²) in [6.07, 6.45) is 0. The maximum atomic E-state index is 0. The molecule has 0 saturated carbocycles. The normalized spacial score (nSPS) is 0. The van der Waals surface area contributed by atoms with Crippen molar-refractivity contribution < 1.29 is 11.0 Å². The Morgan fingerprint density at radius 3 is 1.00 bits per heavy atom. The predicted octanol–water partition coefficient (Wildman–Crippen LogP) is -1.71. The molecule has 0 aliphatic heterocycles. The van der Waals surface area contributed by atoms with Crippen LogP contribution in [0, 0.1) is 0 Å². The van der Waals surface area contributed by atoms with Gasteiger partial charge in [-0.15, -0.1) is 0 Å². The predicted molar refractivity (Wildman–Crippen MR) is 15.8 cm³/mol. The van der Waals surface area contributed by atoms with Crippen molar-refractivity contribution in [1.29, 1.82) is 0 Å². The molecular formula is H2AlCaO2+3. The molecule has 0 radical (unpaired) electrons. The maximum Gasteiger partial charge on any atom is 3.00 e. The maximum absolute atomic E-state index is 0. The van der Waals surface area contributed by atoms with E-state index in [1.165, 1.54) is 0 Å². The summed E-state index contributed by atoms with van der Waals surface area (Å²) in [6.45, 7) is 0. The van der Waals surface area contributed by atoms with Gasteiger partial charge in [-0.1, -0.05) is 0 Å². The molecule has 0 heterocycles. The van der Waals surface area contributed by atoms with E-state index in [4.69, 9.17) is 0 Å². The van der Waals surface area contributed by atoms with Crippen LogP contribution in [-0.4, -0.2) is 60.6 Å². The Morgan fingerprint density at radius 1 is 1.00 bits per heavy atom. The van der Waals surface area contributed by atoms with E-state index < -0.39 is 0 Å². The first kappa shape index (κ1) is 43.3. The summed E-state index contributed by atoms with van der Waals surface area (Å²) in [4.78, 5) is 0. The second kappa shape index (κ2) is 22.2. The van der Waals surface area contributed by atoms with E-state index in [-0.39, 0.29) is 66.1 Å². The van der Waals surface area contributed by atoms with Crippen LogP contribution in [0.2, 0.25) is 0 Å². The van der Waals surface area contributed by atoms with Gasteiger partial charge in [0.1, 0.15) is 0 Å². The molecule has 0 aromatic heterocycles. The Labute approximate surface area is 65.3 Å². The van der Waals surface area contributed by atoms with Crippen molar-refractivity contribution in [2.45, 2.75) is 0 Å². The Bertz CT molecular complexity index is 6.00. The number of hydrogen-bond acceptors (Lipinski definition) is 0. The van der Waals surface area contributed by atoms with E-state index in [0.717, 1.165) is 0 Å². The standard InChI is InChI=1S/Al.Ca.H2O.O/h;;1H2;/q+3;+2;;-2. The zero-order chi connectivity index (χ0) is 0. The summed E-state index contributed by atoms with van der Waals surface area (Å²) < 4.78 is 0. The second-order valence-corrected chi connectivity index (χ2v) is 0. The van der Waals surface area contributed by atoms with Crippen LogP contribution in [-0.2, 0) is 5.48 Å². The molecule has 0 bridgehead atoms. The molecule has 4 heavy (non-hydrogen) atoms. The van der Waals surface area contributed by atoms with Crippen LogP contribution in [0.25, 0.3) is 0 Å². The zero-order valence-electron chi connectivity index (χ0n) is 2.19. The quantitative estimate of drug-likeness (QED) is 0.326. The van der Waals surface area contributed by atoms with Gasteiger partial charge in [0.15, 0.2) is 0 Å². The van der Waals surface area contributed by atoms with Crippen LogP contribution in [0.1, 0.15) is 0 Å². The van der Waals surface area contributed by atoms with Crippen molar-refractivity contribution in [3.63, 3.8) is 0 Å². The molecule has 0 amide bonds. The van der Waals surface area contributed by atoms with Crippen LogP contribution in [0.4, 0.5) is 0 Å². The van der Waals surface area contributed by atoms with Gasteiger partial charge in [0.25, 0.3) is 0 Å². The fourth-order valence-electron chi connectivity index (χ4n) is 0. The molecule has 0 rings (SSSR count). The summed E-state index contributed by atoms with van der Waals surface area (Å²) in [5.74, 6) is 0. The molecule has 0 aliphatic rings. The Kier molecular flexibility index (Phi) is 240. The fourth-order valence-corrected chi connectivity index (χ4v) is 0. The monoisotopic (exact) mass is 101 g/mol. The van der Waals surface area contributed by atoms with Gasteiger partial charge in [0.2, 0.25) is 0 Å². The molecule has 0 fully saturated rings. The van der Waals surface area contributed by atoms with Gasteiger partial charge in [0, 0.05) is 0 Å². The van der Waals surface area contributed by atoms with Crippen molar-refractivity contribution in [2.24, 2.45) is 0 Å². The number of rotatable bonds is 0. The first-order valence-electron chi connectivity index (χ1n) is 0. The molecule has 0 aliphatic carbocycles. The molecule has 4 heteroatoms. The van der Waals surface area contributed by atoms with Crippen molar-refractivity contribution in [2.75, 3.05) is 0 Å². The Morgan fingerprint density at radius 2 is 1.00 bits per heavy atom. The van der Waals surface area contributed by atoms with Gasteiger partial charge < -0.3 is 11.0 Å². The topological polar surface area (TPSA) is 60.0 Å². The van der Waals surface area contributed by atoms with E-state index in [2.05, 4.69) is 0 Å². The first-order valence-corrected chi connectivity index (χ1v) is 0. The Balaban J connectivity index is 0. The summed E-state index contributed by atoms with van der Waals surface area (Å²) in [6, 6.07) is 0. The van der Waals surface area contributed by atoms with Crippen LogP contribution >= 0.6 is 0 Å². The van der Waals surface area contributed by atoms with Crippen molar-refractivity contribution >= 4 is 55.1 Å². The van der Waals surface area contributed by atoms with Crippen molar-refractivity contribution in [1.82, 2.24) is 0 Å². The summed E-state index contributed by atoms with van der Waals surface area (Å²) in [5, 5.41) is 0. The van der Waals surface area contributed by atoms with Crippen LogP contribution in [0.3, 0.4) is 0 Å². The molecule has 0 aromatic rings. The van der Waals surface area contributed by atoms with Gasteiger partial charge in [-0.05, 0) is 0 Å². The van der Waals surface area contributed by atoms with Gasteiger partial charge in [0.05, 0.1) is 0 Å². The van der Waals surface area contributed by atoms with E-state index in [1.807, 2.05) is 0 Å². The summed E-state index contributed by atoms with van der Waals surface area (Å²) >= 11 is 0. The number of hydrogen-bond donors (Lipinski definition) is 0. The molecule has 0 atom stereocenters. The van der Waals surface area contributed by atoms with E-state index in [1.54, 1.807) is 0 Å². The SMILES string of the molecule is O.[Al+3].[Ca+2].[O-2]. The fraction of sp³-hybridized carbons (Fsp3) is 0. The van der Waals surface area contributed by atoms with E-state index >= 15 is 0 Å². The second-order valence-electron chi connectivity index (χ2n) is 0. The summed E-state index contributed by atoms with van der Waals surface area (Å²) in [5.41, 5.74) is 0. The average molecular weight is 101 g/mol. The van der Waals surface area contributed by atoms with Crippen LogP contribution in [0.15, 0.2) is 0 Å². The third-order valence-electron chi connectivity index (χ3n) is 0. The largest absolute Gasteiger partial charge is 3.00 e. The molecule has 2 N–H and O–H groups in total. The van der Waals surface area contributed by atoms with E-state index in [0.29, 0.717) is 0 Å². The van der Waals surface area contributed by atoms with Gasteiger partial charge in [-0.25, -0.2) is 0 Å².